The standard InChI is InChI=1S/C26H20Cl2N4O2Se2/c27-17-9-13-19(14-10-17)29-25(33)31-21-5-1-3-7-23(21)35-36-24-8-4-2-6-22(24)32-26(34)30-20-15-11-18(28)12-16-20/h1-16H,(H2,29,31,33)(H2,30,32,34). The van der Waals surface area contributed by atoms with Crippen LogP contribution in [-0.2, 0) is 0 Å². The van der Waals surface area contributed by atoms with E-state index >= 15 is 0 Å². The van der Waals surface area contributed by atoms with E-state index in [9.17, 15) is 9.59 Å². The summed E-state index contributed by atoms with van der Waals surface area (Å²) < 4.78 is 2.13. The Hall–Kier alpha value is -2.96. The molecule has 0 heterocycles. The summed E-state index contributed by atoms with van der Waals surface area (Å²) in [5.41, 5.74) is 2.83. The van der Waals surface area contributed by atoms with Crippen LogP contribution in [0.3, 0.4) is 0 Å². The van der Waals surface area contributed by atoms with Gasteiger partial charge in [0, 0.05) is 0 Å². The fourth-order valence-corrected chi connectivity index (χ4v) is 10.2. The van der Waals surface area contributed by atoms with E-state index in [1.807, 2.05) is 48.5 Å². The molecular formula is C26H20Cl2N4O2Se2. The van der Waals surface area contributed by atoms with E-state index in [0.29, 0.717) is 21.4 Å². The Labute approximate surface area is 230 Å². The van der Waals surface area contributed by atoms with Crippen molar-refractivity contribution in [3.8, 4) is 0 Å². The molecule has 0 unspecified atom stereocenters. The molecule has 0 spiro atoms. The predicted octanol–water partition coefficient (Wildman–Crippen LogP) is 5.56. The number of urea groups is 2. The minimum absolute atomic E-state index is 0.0571. The maximum absolute atomic E-state index is 12.5. The van der Waals surface area contributed by atoms with Gasteiger partial charge >= 0.3 is 231 Å². The monoisotopic (exact) mass is 650 g/mol. The fraction of sp³-hybridized carbons (Fsp3) is 0. The number of carbonyl (C=O) groups is 2. The van der Waals surface area contributed by atoms with Crippen LogP contribution in [0.15, 0.2) is 97.1 Å². The SMILES string of the molecule is O=C(Nc1ccc(Cl)cc1)Nc1ccccc1[Se][Se]c1ccccc1NC(=O)Nc1ccc(Cl)cc1. The normalized spacial score (nSPS) is 10.4. The van der Waals surface area contributed by atoms with Crippen LogP contribution < -0.4 is 30.2 Å². The molecule has 0 bridgehead atoms. The number of carbonyl (C=O) groups excluding carboxylic acids is 2. The molecular weight excluding hydrogens is 629 g/mol. The molecule has 0 saturated heterocycles. The molecule has 4 aromatic rings. The summed E-state index contributed by atoms with van der Waals surface area (Å²) in [5, 5.41) is 12.7. The second kappa shape index (κ2) is 12.8. The molecule has 4 aromatic carbocycles. The molecule has 0 aliphatic carbocycles. The van der Waals surface area contributed by atoms with Gasteiger partial charge in [-0.1, -0.05) is 0 Å². The van der Waals surface area contributed by atoms with Crippen molar-refractivity contribution < 1.29 is 9.59 Å². The van der Waals surface area contributed by atoms with Crippen LogP contribution in [0.4, 0.5) is 32.3 Å². The molecule has 6 nitrogen and oxygen atoms in total. The molecule has 0 fully saturated rings. The van der Waals surface area contributed by atoms with Gasteiger partial charge in [0.25, 0.3) is 0 Å². The maximum atomic E-state index is 12.5. The van der Waals surface area contributed by atoms with Crippen LogP contribution >= 0.6 is 23.2 Å². The summed E-state index contributed by atoms with van der Waals surface area (Å²) >= 11 is 11.9. The second-order valence-corrected chi connectivity index (χ2v) is 14.4. The summed E-state index contributed by atoms with van der Waals surface area (Å²) in [6.07, 6.45) is 0. The third-order valence-electron chi connectivity index (χ3n) is 4.70. The van der Waals surface area contributed by atoms with Crippen molar-refractivity contribution >= 4 is 93.2 Å². The third kappa shape index (κ3) is 7.77. The number of rotatable bonds is 7. The molecule has 0 aliphatic heterocycles. The summed E-state index contributed by atoms with van der Waals surface area (Å²) in [6.45, 7) is 0. The zero-order chi connectivity index (χ0) is 25.3. The first kappa shape index (κ1) is 26.1. The molecule has 36 heavy (non-hydrogen) atoms. The zero-order valence-electron chi connectivity index (χ0n) is 18.6. The van der Waals surface area contributed by atoms with Gasteiger partial charge in [-0.25, -0.2) is 0 Å². The van der Waals surface area contributed by atoms with E-state index in [0.717, 1.165) is 20.3 Å². The van der Waals surface area contributed by atoms with Gasteiger partial charge in [0.05, 0.1) is 0 Å². The molecule has 0 radical (unpaired) electrons. The average Bonchev–Trinajstić information content (AvgIpc) is 2.87. The van der Waals surface area contributed by atoms with Gasteiger partial charge in [-0.2, -0.15) is 0 Å². The van der Waals surface area contributed by atoms with Gasteiger partial charge in [0.2, 0.25) is 0 Å². The molecule has 4 amide bonds. The first-order valence-electron chi connectivity index (χ1n) is 10.7. The van der Waals surface area contributed by atoms with Gasteiger partial charge < -0.3 is 0 Å². The number of hydrogen-bond acceptors (Lipinski definition) is 2. The van der Waals surface area contributed by atoms with Crippen molar-refractivity contribution in [2.45, 2.75) is 0 Å². The Morgan fingerprint density at radius 1 is 0.500 bits per heavy atom. The van der Waals surface area contributed by atoms with E-state index in [4.69, 9.17) is 23.2 Å². The minimum atomic E-state index is -0.325. The Kier molecular flexibility index (Phi) is 9.31. The number of anilines is 4. The first-order valence-corrected chi connectivity index (χ1v) is 17.5. The number of amides is 4. The topological polar surface area (TPSA) is 82.3 Å². The van der Waals surface area contributed by atoms with Gasteiger partial charge in [0.15, 0.2) is 0 Å². The third-order valence-corrected chi connectivity index (χ3v) is 12.4. The fourth-order valence-electron chi connectivity index (χ4n) is 3.01. The van der Waals surface area contributed by atoms with Crippen molar-refractivity contribution in [1.82, 2.24) is 0 Å². The molecule has 4 rings (SSSR count). The summed E-state index contributed by atoms with van der Waals surface area (Å²) in [6, 6.07) is 28.7. The van der Waals surface area contributed by atoms with Gasteiger partial charge in [-0.15, -0.1) is 0 Å². The number of halogens is 2. The van der Waals surface area contributed by atoms with Crippen molar-refractivity contribution in [3.63, 3.8) is 0 Å². The number of nitrogens with one attached hydrogen (secondary N) is 4. The molecule has 0 aliphatic rings. The van der Waals surface area contributed by atoms with E-state index < -0.39 is 0 Å². The van der Waals surface area contributed by atoms with Crippen molar-refractivity contribution in [3.05, 3.63) is 107 Å². The Morgan fingerprint density at radius 2 is 0.861 bits per heavy atom. The van der Waals surface area contributed by atoms with Crippen LogP contribution in [0.1, 0.15) is 0 Å². The zero-order valence-corrected chi connectivity index (χ0v) is 23.6. The Balaban J connectivity index is 1.38. The summed E-state index contributed by atoms with van der Waals surface area (Å²) in [7, 11) is 0. The molecule has 4 N–H and O–H groups in total. The first-order chi connectivity index (χ1) is 17.5. The van der Waals surface area contributed by atoms with E-state index in [-0.39, 0.29) is 38.3 Å². The molecule has 0 atom stereocenters. The Morgan fingerprint density at radius 3 is 1.25 bits per heavy atom. The van der Waals surface area contributed by atoms with Gasteiger partial charge in [-0.05, 0) is 0 Å². The van der Waals surface area contributed by atoms with E-state index in [1.54, 1.807) is 48.5 Å². The van der Waals surface area contributed by atoms with Crippen molar-refractivity contribution in [1.29, 1.82) is 0 Å². The molecule has 0 aromatic heterocycles. The van der Waals surface area contributed by atoms with E-state index in [1.165, 1.54) is 0 Å². The van der Waals surface area contributed by atoms with Crippen LogP contribution in [0.2, 0.25) is 10.0 Å². The summed E-state index contributed by atoms with van der Waals surface area (Å²) in [4.78, 5) is 25.1. The number of benzene rings is 4. The van der Waals surface area contributed by atoms with Crippen LogP contribution in [0.25, 0.3) is 0 Å². The number of hydrogen-bond donors (Lipinski definition) is 4. The molecule has 0 saturated carbocycles. The van der Waals surface area contributed by atoms with Crippen molar-refractivity contribution in [2.24, 2.45) is 0 Å². The predicted molar refractivity (Wildman–Crippen MR) is 152 cm³/mol. The van der Waals surface area contributed by atoms with Crippen LogP contribution in [0, 0.1) is 0 Å². The molecule has 182 valence electrons. The summed E-state index contributed by atoms with van der Waals surface area (Å²) in [5.74, 6) is 0. The van der Waals surface area contributed by atoms with Gasteiger partial charge in [-0.3, -0.25) is 0 Å². The second-order valence-electron chi connectivity index (χ2n) is 7.33. The van der Waals surface area contributed by atoms with Crippen LogP contribution in [-0.4, -0.2) is 38.3 Å². The average molecular weight is 649 g/mol. The van der Waals surface area contributed by atoms with Crippen molar-refractivity contribution in [2.75, 3.05) is 21.3 Å². The van der Waals surface area contributed by atoms with E-state index in [2.05, 4.69) is 21.3 Å². The van der Waals surface area contributed by atoms with Gasteiger partial charge in [0.1, 0.15) is 0 Å². The molecule has 10 heteroatoms. The quantitative estimate of drug-likeness (QED) is 0.198. The van der Waals surface area contributed by atoms with Crippen LogP contribution in [0.5, 0.6) is 0 Å². The Bertz CT molecular complexity index is 1250. The number of para-hydroxylation sites is 2.